The quantitative estimate of drug-likeness (QED) is 0.518. The fraction of sp³-hybridized carbons (Fsp3) is 0.571. The number of rotatable bonds is 9. The number of carbonyl (C=O) groups excluding carboxylic acids is 1. The van der Waals surface area contributed by atoms with Crippen molar-refractivity contribution >= 4 is 5.91 Å². The highest BCUT2D eigenvalue weighted by atomic mass is 16.7. The van der Waals surface area contributed by atoms with Crippen molar-refractivity contribution in [2.24, 2.45) is 7.05 Å². The number of hydrogen-bond acceptors (Lipinski definition) is 6. The number of hydrogen-bond donors (Lipinski definition) is 1. The number of benzene rings is 1. The number of likely N-dealkylation sites (tertiary alicyclic amines) is 1. The molecule has 0 radical (unpaired) electrons. The number of carbonyl (C=O) groups is 1. The minimum Gasteiger partial charge on any atom is -0.459 e. The molecule has 2 atom stereocenters. The van der Waals surface area contributed by atoms with Crippen LogP contribution in [0.2, 0.25) is 0 Å². The van der Waals surface area contributed by atoms with Crippen LogP contribution in [0.25, 0.3) is 5.69 Å². The molecule has 2 aliphatic rings. The summed E-state index contributed by atoms with van der Waals surface area (Å²) in [5.74, 6) is -0.241. The summed E-state index contributed by atoms with van der Waals surface area (Å²) >= 11 is 0. The van der Waals surface area contributed by atoms with Crippen LogP contribution in [0.1, 0.15) is 55.7 Å². The van der Waals surface area contributed by atoms with Gasteiger partial charge >= 0.3 is 0 Å². The highest BCUT2D eigenvalue weighted by Gasteiger charge is 2.34. The summed E-state index contributed by atoms with van der Waals surface area (Å²) in [5, 5.41) is 8.92. The van der Waals surface area contributed by atoms with Crippen molar-refractivity contribution in [3.8, 4) is 5.69 Å². The van der Waals surface area contributed by atoms with Crippen LogP contribution in [0, 0.1) is 6.92 Å². The number of ether oxygens (including phenoxy) is 3. The van der Waals surface area contributed by atoms with E-state index in [0.717, 1.165) is 37.1 Å². The first-order valence-electron chi connectivity index (χ1n) is 13.3. The summed E-state index contributed by atoms with van der Waals surface area (Å²) in [5.41, 5.74) is 2.14. The van der Waals surface area contributed by atoms with Gasteiger partial charge in [-0.05, 0) is 38.0 Å². The second-order valence-electron chi connectivity index (χ2n) is 9.66. The molecule has 0 saturated carbocycles. The zero-order chi connectivity index (χ0) is 26.2. The molecule has 0 spiro atoms. The van der Waals surface area contributed by atoms with Crippen LogP contribution < -0.4 is 5.56 Å². The normalized spacial score (nSPS) is 20.6. The number of nitrogens with zero attached hydrogens (tertiary/aromatic N) is 3. The lowest BCUT2D eigenvalue weighted by Gasteiger charge is -2.32. The average molecular weight is 514 g/mol. The minimum absolute atomic E-state index is 0.0554. The van der Waals surface area contributed by atoms with Crippen molar-refractivity contribution in [1.29, 1.82) is 0 Å². The van der Waals surface area contributed by atoms with Gasteiger partial charge in [0.05, 0.1) is 32.1 Å². The summed E-state index contributed by atoms with van der Waals surface area (Å²) in [4.78, 5) is 29.1. The third kappa shape index (κ3) is 6.52. The van der Waals surface area contributed by atoms with Crippen molar-refractivity contribution < 1.29 is 24.1 Å². The lowest BCUT2D eigenvalue weighted by molar-refractivity contribution is -0.156. The van der Waals surface area contributed by atoms with Gasteiger partial charge in [-0.1, -0.05) is 37.5 Å². The second-order valence-corrected chi connectivity index (χ2v) is 9.66. The number of allylic oxidation sites excluding steroid dienone is 1. The molecule has 4 rings (SSSR count). The van der Waals surface area contributed by atoms with Gasteiger partial charge < -0.3 is 24.2 Å². The molecule has 37 heavy (non-hydrogen) atoms. The van der Waals surface area contributed by atoms with Gasteiger partial charge in [0.25, 0.3) is 11.5 Å². The predicted octanol–water partition coefficient (Wildman–Crippen LogP) is 3.02. The van der Waals surface area contributed by atoms with Crippen molar-refractivity contribution in [3.63, 3.8) is 0 Å². The Labute approximate surface area is 218 Å². The summed E-state index contributed by atoms with van der Waals surface area (Å²) in [7, 11) is 1.87. The van der Waals surface area contributed by atoms with Gasteiger partial charge in [0.15, 0.2) is 5.76 Å². The minimum atomic E-state index is -0.689. The number of aromatic nitrogens is 2. The Morgan fingerprint density at radius 2 is 1.76 bits per heavy atom. The van der Waals surface area contributed by atoms with E-state index in [0.29, 0.717) is 31.7 Å². The Balaban J connectivity index is 1.63. The summed E-state index contributed by atoms with van der Waals surface area (Å²) in [6.07, 6.45) is 6.92. The Morgan fingerprint density at radius 1 is 1.05 bits per heavy atom. The second kappa shape index (κ2) is 13.1. The molecular weight excluding hydrogens is 474 g/mol. The molecule has 0 aliphatic carbocycles. The van der Waals surface area contributed by atoms with Crippen molar-refractivity contribution in [1.82, 2.24) is 14.3 Å². The van der Waals surface area contributed by atoms with Crippen LogP contribution in [0.15, 0.2) is 47.0 Å². The largest absolute Gasteiger partial charge is 0.459 e. The number of aliphatic hydroxyl groups excluding tert-OH is 1. The fourth-order valence-corrected chi connectivity index (χ4v) is 5.14. The Morgan fingerprint density at radius 3 is 2.46 bits per heavy atom. The number of amides is 1. The van der Waals surface area contributed by atoms with Crippen LogP contribution in [0.3, 0.4) is 0 Å². The van der Waals surface area contributed by atoms with Gasteiger partial charge in [0.2, 0.25) is 6.29 Å². The van der Waals surface area contributed by atoms with Gasteiger partial charge in [0.1, 0.15) is 0 Å². The van der Waals surface area contributed by atoms with Crippen LogP contribution in [-0.4, -0.2) is 71.1 Å². The van der Waals surface area contributed by atoms with E-state index >= 15 is 0 Å². The van der Waals surface area contributed by atoms with E-state index in [1.807, 2.05) is 60.0 Å². The molecule has 9 heteroatoms. The van der Waals surface area contributed by atoms with Gasteiger partial charge in [-0.3, -0.25) is 14.3 Å². The van der Waals surface area contributed by atoms with E-state index in [1.165, 1.54) is 6.42 Å². The topological polar surface area (TPSA) is 95.2 Å². The molecule has 1 fully saturated rings. The lowest BCUT2D eigenvalue weighted by atomic mass is 9.93. The molecular formula is C28H39N3O6. The molecule has 1 saturated heterocycles. The third-order valence-electron chi connectivity index (χ3n) is 7.15. The van der Waals surface area contributed by atoms with Crippen molar-refractivity contribution in [2.45, 2.75) is 57.7 Å². The fourth-order valence-electron chi connectivity index (χ4n) is 5.14. The van der Waals surface area contributed by atoms with Crippen LogP contribution >= 0.6 is 0 Å². The van der Waals surface area contributed by atoms with E-state index in [-0.39, 0.29) is 43.0 Å². The molecule has 2 aromatic rings. The Hall–Kier alpha value is -2.88. The molecule has 9 nitrogen and oxygen atoms in total. The monoisotopic (exact) mass is 513 g/mol. The standard InChI is InChI=1S/C28H39N3O6/c1-21-26(28(34)31(29(21)2)23-11-7-6-8-12-23)22-19-24(27(33)30-13-9-4-3-5-10-14-30)37-25(20-22)36-18-17-35-16-15-32/h6-8,11-12,19,22,25,32H,3-5,9-10,13-18,20H2,1-2H3/t22-,25+/m1/s1. The third-order valence-corrected chi connectivity index (χ3v) is 7.15. The number of para-hydroxylation sites is 1. The van der Waals surface area contributed by atoms with Gasteiger partial charge in [-0.15, -0.1) is 0 Å². The first-order chi connectivity index (χ1) is 18.0. The first-order valence-corrected chi connectivity index (χ1v) is 13.3. The summed E-state index contributed by atoms with van der Waals surface area (Å²) in [6, 6.07) is 9.53. The maximum Gasteiger partial charge on any atom is 0.288 e. The predicted molar refractivity (Wildman–Crippen MR) is 140 cm³/mol. The van der Waals surface area contributed by atoms with E-state index < -0.39 is 6.29 Å². The van der Waals surface area contributed by atoms with Crippen LogP contribution in [0.5, 0.6) is 0 Å². The zero-order valence-corrected chi connectivity index (χ0v) is 21.9. The molecule has 202 valence electrons. The smallest absolute Gasteiger partial charge is 0.288 e. The molecule has 1 aromatic carbocycles. The highest BCUT2D eigenvalue weighted by Crippen LogP contribution is 2.33. The maximum atomic E-state index is 13.7. The van der Waals surface area contributed by atoms with Gasteiger partial charge in [-0.2, -0.15) is 0 Å². The zero-order valence-electron chi connectivity index (χ0n) is 21.9. The molecule has 1 aromatic heterocycles. The number of aliphatic hydroxyl groups is 1. The van der Waals surface area contributed by atoms with Crippen molar-refractivity contribution in [2.75, 3.05) is 39.5 Å². The van der Waals surface area contributed by atoms with Gasteiger partial charge in [0, 0.05) is 43.7 Å². The van der Waals surface area contributed by atoms with Gasteiger partial charge in [-0.25, -0.2) is 4.68 Å². The van der Waals surface area contributed by atoms with Crippen LogP contribution in [0.4, 0.5) is 0 Å². The molecule has 0 unspecified atom stereocenters. The average Bonchev–Trinajstić information content (AvgIpc) is 3.11. The molecule has 2 aliphatic heterocycles. The molecule has 0 bridgehead atoms. The van der Waals surface area contributed by atoms with Crippen LogP contribution in [-0.2, 0) is 26.1 Å². The summed E-state index contributed by atoms with van der Waals surface area (Å²) in [6.45, 7) is 4.07. The van der Waals surface area contributed by atoms with E-state index in [1.54, 1.807) is 4.68 Å². The highest BCUT2D eigenvalue weighted by molar-refractivity contribution is 5.91. The lowest BCUT2D eigenvalue weighted by Crippen LogP contribution is -2.38. The molecule has 1 N–H and O–H groups in total. The molecule has 3 heterocycles. The van der Waals surface area contributed by atoms with E-state index in [9.17, 15) is 9.59 Å². The Kier molecular flexibility index (Phi) is 9.60. The van der Waals surface area contributed by atoms with E-state index in [4.69, 9.17) is 19.3 Å². The Bertz CT molecular complexity index is 1110. The SMILES string of the molecule is Cc1c([C@@H]2C=C(C(=O)N3CCCCCCC3)O[C@H](OCCOCCO)C2)c(=O)n(-c2ccccc2)n1C. The summed E-state index contributed by atoms with van der Waals surface area (Å²) < 4.78 is 20.8. The van der Waals surface area contributed by atoms with E-state index in [2.05, 4.69) is 0 Å². The van der Waals surface area contributed by atoms with Crippen molar-refractivity contribution in [3.05, 3.63) is 63.8 Å². The first kappa shape index (κ1) is 27.2. The maximum absolute atomic E-state index is 13.7. The molecule has 1 amide bonds.